The summed E-state index contributed by atoms with van der Waals surface area (Å²) in [4.78, 5) is 2.52. The largest absolute Gasteiger partial charge is 0.379 e. The average molecular weight is 184 g/mol. The Morgan fingerprint density at radius 3 is 2.85 bits per heavy atom. The van der Waals surface area contributed by atoms with Gasteiger partial charge >= 0.3 is 0 Å². The van der Waals surface area contributed by atoms with E-state index in [0.29, 0.717) is 0 Å². The Morgan fingerprint density at radius 1 is 1.31 bits per heavy atom. The molecule has 1 unspecified atom stereocenters. The molecule has 0 radical (unpaired) electrons. The predicted octanol–water partition coefficient (Wildman–Crippen LogP) is 0.461. The second kappa shape index (κ2) is 4.94. The first-order valence-corrected chi connectivity index (χ1v) is 5.48. The Kier molecular flexibility index (Phi) is 3.58. The first-order valence-electron chi connectivity index (χ1n) is 5.48. The van der Waals surface area contributed by atoms with Crippen LogP contribution in [0.25, 0.3) is 0 Å². The van der Waals surface area contributed by atoms with E-state index in [-0.39, 0.29) is 0 Å². The smallest absolute Gasteiger partial charge is 0.0594 e. The van der Waals surface area contributed by atoms with E-state index in [1.807, 2.05) is 0 Å². The minimum atomic E-state index is 0.794. The van der Waals surface area contributed by atoms with Crippen molar-refractivity contribution >= 4 is 0 Å². The van der Waals surface area contributed by atoms with Crippen LogP contribution in [0.3, 0.4) is 0 Å². The summed E-state index contributed by atoms with van der Waals surface area (Å²) in [6, 6.07) is 0.794. The van der Waals surface area contributed by atoms with Gasteiger partial charge in [0, 0.05) is 19.1 Å². The molecule has 2 saturated heterocycles. The zero-order valence-electron chi connectivity index (χ0n) is 8.30. The van der Waals surface area contributed by atoms with Crippen LogP contribution in [0, 0.1) is 0 Å². The molecule has 1 N–H and O–H groups in total. The predicted molar refractivity (Wildman–Crippen MR) is 52.9 cm³/mol. The summed E-state index contributed by atoms with van der Waals surface area (Å²) in [5.74, 6) is 0. The van der Waals surface area contributed by atoms with Crippen molar-refractivity contribution in [3.05, 3.63) is 0 Å². The van der Waals surface area contributed by atoms with Crippen LogP contribution in [-0.4, -0.2) is 50.3 Å². The Labute approximate surface area is 80.4 Å². The van der Waals surface area contributed by atoms with Gasteiger partial charge < -0.3 is 10.1 Å². The number of rotatable bonds is 3. The highest BCUT2D eigenvalue weighted by Crippen LogP contribution is 2.09. The Hall–Kier alpha value is -0.120. The van der Waals surface area contributed by atoms with E-state index in [0.717, 1.165) is 32.3 Å². The summed E-state index contributed by atoms with van der Waals surface area (Å²) >= 11 is 0. The maximum Gasteiger partial charge on any atom is 0.0594 e. The third kappa shape index (κ3) is 2.93. The summed E-state index contributed by atoms with van der Waals surface area (Å²) in [5, 5.41) is 3.54. The molecule has 2 heterocycles. The van der Waals surface area contributed by atoms with Gasteiger partial charge in [-0.2, -0.15) is 0 Å². The van der Waals surface area contributed by atoms with E-state index in [1.165, 1.54) is 32.4 Å². The zero-order chi connectivity index (χ0) is 8.93. The number of nitrogens with one attached hydrogen (secondary N) is 1. The molecular weight excluding hydrogens is 164 g/mol. The molecule has 0 aliphatic carbocycles. The van der Waals surface area contributed by atoms with Gasteiger partial charge in [0.15, 0.2) is 0 Å². The van der Waals surface area contributed by atoms with Gasteiger partial charge in [0.25, 0.3) is 0 Å². The van der Waals surface area contributed by atoms with Crippen LogP contribution in [0.2, 0.25) is 0 Å². The quantitative estimate of drug-likeness (QED) is 0.689. The van der Waals surface area contributed by atoms with Gasteiger partial charge in [0.05, 0.1) is 13.2 Å². The lowest BCUT2D eigenvalue weighted by atomic mass is 10.1. The van der Waals surface area contributed by atoms with Crippen molar-refractivity contribution in [1.29, 1.82) is 0 Å². The number of ether oxygens (including phenoxy) is 1. The first kappa shape index (κ1) is 9.44. The molecule has 0 saturated carbocycles. The summed E-state index contributed by atoms with van der Waals surface area (Å²) in [6.07, 6.45) is 4.07. The molecule has 76 valence electrons. The lowest BCUT2D eigenvalue weighted by Crippen LogP contribution is -2.38. The Morgan fingerprint density at radius 2 is 2.15 bits per heavy atom. The van der Waals surface area contributed by atoms with Gasteiger partial charge in [-0.05, 0) is 32.4 Å². The maximum atomic E-state index is 5.31. The highest BCUT2D eigenvalue weighted by molar-refractivity contribution is 4.75. The summed E-state index contributed by atoms with van der Waals surface area (Å²) < 4.78 is 5.31. The molecule has 1 atom stereocenters. The highest BCUT2D eigenvalue weighted by atomic mass is 16.5. The van der Waals surface area contributed by atoms with E-state index in [4.69, 9.17) is 4.74 Å². The zero-order valence-corrected chi connectivity index (χ0v) is 8.30. The third-order valence-corrected chi connectivity index (χ3v) is 3.06. The van der Waals surface area contributed by atoms with E-state index < -0.39 is 0 Å². The maximum absolute atomic E-state index is 5.31. The average Bonchev–Trinajstić information content (AvgIpc) is 2.69. The van der Waals surface area contributed by atoms with Crippen LogP contribution in [0.15, 0.2) is 0 Å². The molecule has 2 fully saturated rings. The fourth-order valence-corrected chi connectivity index (χ4v) is 2.17. The van der Waals surface area contributed by atoms with Crippen LogP contribution >= 0.6 is 0 Å². The fraction of sp³-hybridized carbons (Fsp3) is 1.00. The van der Waals surface area contributed by atoms with Crippen LogP contribution in [0.1, 0.15) is 19.3 Å². The van der Waals surface area contributed by atoms with E-state index in [9.17, 15) is 0 Å². The van der Waals surface area contributed by atoms with Crippen molar-refractivity contribution in [2.24, 2.45) is 0 Å². The highest BCUT2D eigenvalue weighted by Gasteiger charge is 2.16. The topological polar surface area (TPSA) is 24.5 Å². The second-order valence-corrected chi connectivity index (χ2v) is 4.04. The van der Waals surface area contributed by atoms with Gasteiger partial charge in [-0.25, -0.2) is 0 Å². The van der Waals surface area contributed by atoms with Crippen LogP contribution < -0.4 is 5.32 Å². The third-order valence-electron chi connectivity index (χ3n) is 3.06. The van der Waals surface area contributed by atoms with Crippen molar-refractivity contribution in [2.45, 2.75) is 25.3 Å². The van der Waals surface area contributed by atoms with Gasteiger partial charge in [-0.1, -0.05) is 0 Å². The minimum Gasteiger partial charge on any atom is -0.379 e. The van der Waals surface area contributed by atoms with Crippen molar-refractivity contribution in [3.8, 4) is 0 Å². The Balaban J connectivity index is 1.60. The first-order chi connectivity index (χ1) is 6.45. The molecule has 0 aromatic rings. The molecular formula is C10H20N2O. The molecule has 13 heavy (non-hydrogen) atoms. The number of hydrogen-bond acceptors (Lipinski definition) is 3. The van der Waals surface area contributed by atoms with Gasteiger partial charge in [-0.15, -0.1) is 0 Å². The van der Waals surface area contributed by atoms with Gasteiger partial charge in [0.1, 0.15) is 0 Å². The molecule has 3 nitrogen and oxygen atoms in total. The lowest BCUT2D eigenvalue weighted by Gasteiger charge is -2.27. The molecule has 2 rings (SSSR count). The van der Waals surface area contributed by atoms with Crippen molar-refractivity contribution < 1.29 is 4.74 Å². The normalized spacial score (nSPS) is 30.9. The van der Waals surface area contributed by atoms with E-state index in [1.54, 1.807) is 0 Å². The molecule has 0 amide bonds. The summed E-state index contributed by atoms with van der Waals surface area (Å²) in [6.45, 7) is 6.60. The number of morpholine rings is 1. The van der Waals surface area contributed by atoms with Crippen molar-refractivity contribution in [3.63, 3.8) is 0 Å². The molecule has 0 bridgehead atoms. The molecule has 0 spiro atoms. The van der Waals surface area contributed by atoms with Crippen molar-refractivity contribution in [2.75, 3.05) is 39.4 Å². The van der Waals surface area contributed by atoms with Crippen molar-refractivity contribution in [1.82, 2.24) is 10.2 Å². The fourth-order valence-electron chi connectivity index (χ4n) is 2.17. The molecule has 0 aromatic heterocycles. The van der Waals surface area contributed by atoms with E-state index >= 15 is 0 Å². The molecule has 2 aliphatic heterocycles. The molecule has 0 aromatic carbocycles. The van der Waals surface area contributed by atoms with E-state index in [2.05, 4.69) is 10.2 Å². The van der Waals surface area contributed by atoms with Crippen LogP contribution in [0.4, 0.5) is 0 Å². The summed E-state index contributed by atoms with van der Waals surface area (Å²) in [5.41, 5.74) is 0. The number of hydrogen-bond donors (Lipinski definition) is 1. The summed E-state index contributed by atoms with van der Waals surface area (Å²) in [7, 11) is 0. The standard InChI is InChI=1S/C10H20N2O/c1-2-10(11-4-1)3-5-12-6-8-13-9-7-12/h10-11H,1-9H2. The minimum absolute atomic E-state index is 0.794. The van der Waals surface area contributed by atoms with Crippen LogP contribution in [0.5, 0.6) is 0 Å². The molecule has 3 heteroatoms. The van der Waals surface area contributed by atoms with Gasteiger partial charge in [0.2, 0.25) is 0 Å². The van der Waals surface area contributed by atoms with Gasteiger partial charge in [-0.3, -0.25) is 4.90 Å². The lowest BCUT2D eigenvalue weighted by molar-refractivity contribution is 0.0364. The Bertz CT molecular complexity index is 140. The molecule has 2 aliphatic rings. The SMILES string of the molecule is C1CNC(CCN2CCOCC2)C1. The van der Waals surface area contributed by atoms with Crippen LogP contribution in [-0.2, 0) is 4.74 Å². The number of nitrogens with zero attached hydrogens (tertiary/aromatic N) is 1. The monoisotopic (exact) mass is 184 g/mol. The second-order valence-electron chi connectivity index (χ2n) is 4.04.